The summed E-state index contributed by atoms with van der Waals surface area (Å²) in [6, 6.07) is 12.5. The Morgan fingerprint density at radius 3 is 1.96 bits per heavy atom. The van der Waals surface area contributed by atoms with Crippen LogP contribution in [0.2, 0.25) is 0 Å². The molecule has 1 fully saturated rings. The van der Waals surface area contributed by atoms with Crippen molar-refractivity contribution in [2.45, 2.75) is 13.1 Å². The second-order valence-electron chi connectivity index (χ2n) is 5.93. The fraction of sp³-hybridized carbons (Fsp3) is 0.333. The van der Waals surface area contributed by atoms with Gasteiger partial charge in [-0.3, -0.25) is 9.80 Å². The quantitative estimate of drug-likeness (QED) is 0.789. The predicted molar refractivity (Wildman–Crippen MR) is 91.1 cm³/mol. The first-order chi connectivity index (χ1) is 11.1. The molecule has 1 aliphatic rings. The van der Waals surface area contributed by atoms with Gasteiger partial charge in [-0.15, -0.1) is 0 Å². The summed E-state index contributed by atoms with van der Waals surface area (Å²) in [4.78, 5) is 4.70. The molecule has 2 aromatic carbocycles. The molecule has 3 rings (SSSR count). The number of rotatable bonds is 4. The molecule has 0 N–H and O–H groups in total. The molecule has 0 unspecified atom stereocenters. The van der Waals surface area contributed by atoms with Crippen molar-refractivity contribution in [1.29, 1.82) is 0 Å². The third kappa shape index (κ3) is 4.59. The lowest BCUT2D eigenvalue weighted by molar-refractivity contribution is 0.122. The van der Waals surface area contributed by atoms with Crippen LogP contribution in [0.25, 0.3) is 0 Å². The highest BCUT2D eigenvalue weighted by molar-refractivity contribution is 9.10. The monoisotopic (exact) mass is 380 g/mol. The number of piperazine rings is 1. The van der Waals surface area contributed by atoms with E-state index in [1.165, 1.54) is 17.7 Å². The van der Waals surface area contributed by atoms with Crippen molar-refractivity contribution in [3.05, 3.63) is 69.7 Å². The van der Waals surface area contributed by atoms with E-state index in [1.54, 1.807) is 6.07 Å². The van der Waals surface area contributed by atoms with Crippen LogP contribution in [0.3, 0.4) is 0 Å². The Morgan fingerprint density at radius 1 is 0.783 bits per heavy atom. The Bertz CT molecular complexity index is 670. The summed E-state index contributed by atoms with van der Waals surface area (Å²) in [7, 11) is 0. The van der Waals surface area contributed by atoms with Crippen molar-refractivity contribution < 1.29 is 8.78 Å². The van der Waals surface area contributed by atoms with Crippen molar-refractivity contribution in [1.82, 2.24) is 9.80 Å². The van der Waals surface area contributed by atoms with Crippen molar-refractivity contribution in [3.63, 3.8) is 0 Å². The maximum atomic E-state index is 13.3. The van der Waals surface area contributed by atoms with Crippen molar-refractivity contribution >= 4 is 15.9 Å². The van der Waals surface area contributed by atoms with Gasteiger partial charge in [0.25, 0.3) is 0 Å². The lowest BCUT2D eigenvalue weighted by Crippen LogP contribution is -2.45. The van der Waals surface area contributed by atoms with Crippen molar-refractivity contribution in [2.75, 3.05) is 26.2 Å². The molecular formula is C18H19BrF2N2. The van der Waals surface area contributed by atoms with E-state index in [2.05, 4.69) is 43.9 Å². The Hall–Kier alpha value is -1.30. The highest BCUT2D eigenvalue weighted by atomic mass is 79.9. The van der Waals surface area contributed by atoms with Crippen LogP contribution in [0.4, 0.5) is 8.78 Å². The number of hydrogen-bond acceptors (Lipinski definition) is 2. The van der Waals surface area contributed by atoms with Gasteiger partial charge in [0.05, 0.1) is 0 Å². The third-order valence-corrected chi connectivity index (χ3v) is 4.64. The van der Waals surface area contributed by atoms with E-state index >= 15 is 0 Å². The van der Waals surface area contributed by atoms with E-state index in [4.69, 9.17) is 0 Å². The van der Waals surface area contributed by atoms with Gasteiger partial charge in [0.2, 0.25) is 0 Å². The normalized spacial score (nSPS) is 16.7. The average Bonchev–Trinajstić information content (AvgIpc) is 2.53. The van der Waals surface area contributed by atoms with Crippen molar-refractivity contribution in [2.24, 2.45) is 0 Å². The van der Waals surface area contributed by atoms with Gasteiger partial charge in [-0.25, -0.2) is 8.78 Å². The molecule has 2 aromatic rings. The van der Waals surface area contributed by atoms with Crippen LogP contribution >= 0.6 is 15.9 Å². The van der Waals surface area contributed by atoms with Crippen LogP contribution in [-0.4, -0.2) is 36.0 Å². The van der Waals surface area contributed by atoms with E-state index in [0.717, 1.165) is 42.8 Å². The lowest BCUT2D eigenvalue weighted by atomic mass is 10.1. The molecule has 0 aromatic heterocycles. The van der Waals surface area contributed by atoms with E-state index in [1.807, 2.05) is 6.07 Å². The zero-order chi connectivity index (χ0) is 16.2. The van der Waals surface area contributed by atoms with Crippen molar-refractivity contribution in [3.8, 4) is 0 Å². The summed E-state index contributed by atoms with van der Waals surface area (Å²) >= 11 is 3.50. The molecule has 23 heavy (non-hydrogen) atoms. The minimum absolute atomic E-state index is 0.669. The minimum Gasteiger partial charge on any atom is -0.297 e. The Labute approximate surface area is 143 Å². The van der Waals surface area contributed by atoms with Gasteiger partial charge in [0, 0.05) is 43.7 Å². The zero-order valence-corrected chi connectivity index (χ0v) is 14.4. The maximum absolute atomic E-state index is 13.3. The van der Waals surface area contributed by atoms with E-state index in [0.29, 0.717) is 6.54 Å². The fourth-order valence-corrected chi connectivity index (χ4v) is 3.34. The average molecular weight is 381 g/mol. The second-order valence-corrected chi connectivity index (χ2v) is 6.85. The SMILES string of the molecule is Fc1ccc(CN2CCN(Cc3cccc(Br)c3)CC2)cc1F. The second kappa shape index (κ2) is 7.51. The molecule has 0 aliphatic carbocycles. The maximum Gasteiger partial charge on any atom is 0.159 e. The molecule has 0 amide bonds. The zero-order valence-electron chi connectivity index (χ0n) is 12.8. The van der Waals surface area contributed by atoms with E-state index in [-0.39, 0.29) is 0 Å². The largest absolute Gasteiger partial charge is 0.297 e. The molecular weight excluding hydrogens is 362 g/mol. The summed E-state index contributed by atoms with van der Waals surface area (Å²) in [5.41, 5.74) is 2.12. The molecule has 0 bridgehead atoms. The first-order valence-corrected chi connectivity index (χ1v) is 8.52. The van der Waals surface area contributed by atoms with Gasteiger partial charge in [0.1, 0.15) is 0 Å². The molecule has 0 atom stereocenters. The standard InChI is InChI=1S/C18H19BrF2N2/c19-16-3-1-2-14(10-16)12-22-6-8-23(9-7-22)13-15-4-5-17(20)18(21)11-15/h1-5,10-11H,6-9,12-13H2. The Kier molecular flexibility index (Phi) is 5.41. The number of halogens is 3. The Morgan fingerprint density at radius 2 is 1.39 bits per heavy atom. The van der Waals surface area contributed by atoms with Crippen LogP contribution in [0.1, 0.15) is 11.1 Å². The highest BCUT2D eigenvalue weighted by Crippen LogP contribution is 2.16. The highest BCUT2D eigenvalue weighted by Gasteiger charge is 2.17. The van der Waals surface area contributed by atoms with Gasteiger partial charge in [0.15, 0.2) is 11.6 Å². The molecule has 0 saturated carbocycles. The number of benzene rings is 2. The summed E-state index contributed by atoms with van der Waals surface area (Å²) in [6.07, 6.45) is 0. The molecule has 0 radical (unpaired) electrons. The Balaban J connectivity index is 1.51. The van der Waals surface area contributed by atoms with Gasteiger partial charge in [-0.2, -0.15) is 0 Å². The third-order valence-electron chi connectivity index (χ3n) is 4.15. The molecule has 5 heteroatoms. The summed E-state index contributed by atoms with van der Waals surface area (Å²) in [5.74, 6) is -1.55. The van der Waals surface area contributed by atoms with Crippen LogP contribution < -0.4 is 0 Å². The fourth-order valence-electron chi connectivity index (χ4n) is 2.90. The smallest absolute Gasteiger partial charge is 0.159 e. The van der Waals surface area contributed by atoms with E-state index in [9.17, 15) is 8.78 Å². The van der Waals surface area contributed by atoms with Crippen LogP contribution in [0.5, 0.6) is 0 Å². The van der Waals surface area contributed by atoms with E-state index < -0.39 is 11.6 Å². The molecule has 122 valence electrons. The molecule has 1 saturated heterocycles. The number of nitrogens with zero attached hydrogens (tertiary/aromatic N) is 2. The summed E-state index contributed by atoms with van der Waals surface area (Å²) in [5, 5.41) is 0. The molecule has 1 heterocycles. The van der Waals surface area contributed by atoms with Crippen LogP contribution in [0, 0.1) is 11.6 Å². The predicted octanol–water partition coefficient (Wildman–Crippen LogP) is 4.05. The minimum atomic E-state index is -0.785. The van der Waals surface area contributed by atoms with Crippen LogP contribution in [-0.2, 0) is 13.1 Å². The summed E-state index contributed by atoms with van der Waals surface area (Å²) < 4.78 is 27.3. The van der Waals surface area contributed by atoms with Gasteiger partial charge >= 0.3 is 0 Å². The first kappa shape index (κ1) is 16.6. The molecule has 2 nitrogen and oxygen atoms in total. The number of hydrogen-bond donors (Lipinski definition) is 0. The molecule has 1 aliphatic heterocycles. The van der Waals surface area contributed by atoms with Gasteiger partial charge < -0.3 is 0 Å². The van der Waals surface area contributed by atoms with Gasteiger partial charge in [-0.1, -0.05) is 34.1 Å². The van der Waals surface area contributed by atoms with Crippen LogP contribution in [0.15, 0.2) is 46.9 Å². The van der Waals surface area contributed by atoms with Gasteiger partial charge in [-0.05, 0) is 35.4 Å². The molecule has 0 spiro atoms. The first-order valence-electron chi connectivity index (χ1n) is 7.73. The summed E-state index contributed by atoms with van der Waals surface area (Å²) in [6.45, 7) is 5.45. The topological polar surface area (TPSA) is 6.48 Å². The lowest BCUT2D eigenvalue weighted by Gasteiger charge is -2.34.